The van der Waals surface area contributed by atoms with Gasteiger partial charge in [0.15, 0.2) is 0 Å². The highest BCUT2D eigenvalue weighted by Gasteiger charge is 2.34. The molecule has 0 spiro atoms. The maximum absolute atomic E-state index is 12.1. The normalized spacial score (nSPS) is 11.5. The van der Waals surface area contributed by atoms with Gasteiger partial charge in [-0.2, -0.15) is 13.2 Å². The number of halogens is 4. The summed E-state index contributed by atoms with van der Waals surface area (Å²) in [6.07, 6.45) is 1.06. The summed E-state index contributed by atoms with van der Waals surface area (Å²) in [5.74, 6) is -0.813. The highest BCUT2D eigenvalue weighted by molar-refractivity contribution is 9.10. The maximum atomic E-state index is 12.1. The maximum Gasteiger partial charge on any atom is 0.446 e. The molecule has 82 valence electrons. The minimum atomic E-state index is -4.59. The number of alkyl halides is 3. The van der Waals surface area contributed by atoms with Crippen molar-refractivity contribution in [3.8, 4) is 0 Å². The topological polar surface area (TPSA) is 56.0 Å². The molecule has 0 amide bonds. The summed E-state index contributed by atoms with van der Waals surface area (Å²) in [4.78, 5) is 12.2. The van der Waals surface area contributed by atoms with Gasteiger partial charge in [0.25, 0.3) is 0 Å². The predicted molar refractivity (Wildman–Crippen MR) is 50.5 cm³/mol. The molecule has 1 aromatic rings. The summed E-state index contributed by atoms with van der Waals surface area (Å²) < 4.78 is 36.2. The van der Waals surface area contributed by atoms with Crippen LogP contribution in [0.25, 0.3) is 0 Å². The van der Waals surface area contributed by atoms with Crippen LogP contribution in [0, 0.1) is 10.1 Å². The van der Waals surface area contributed by atoms with Crippen molar-refractivity contribution in [3.63, 3.8) is 0 Å². The number of hydrogen-bond acceptors (Lipinski definition) is 4. The highest BCUT2D eigenvalue weighted by atomic mass is 79.9. The van der Waals surface area contributed by atoms with Crippen molar-refractivity contribution in [1.82, 2.24) is 4.98 Å². The van der Waals surface area contributed by atoms with Gasteiger partial charge in [-0.1, -0.05) is 0 Å². The second-order valence-corrected chi connectivity index (χ2v) is 4.18. The Morgan fingerprint density at radius 1 is 1.53 bits per heavy atom. The number of rotatable bonds is 2. The molecule has 0 aromatic carbocycles. The molecule has 1 aromatic heterocycles. The van der Waals surface area contributed by atoms with Crippen LogP contribution in [-0.4, -0.2) is 15.4 Å². The van der Waals surface area contributed by atoms with Crippen LogP contribution in [0.2, 0.25) is 0 Å². The first-order chi connectivity index (χ1) is 6.81. The molecule has 4 nitrogen and oxygen atoms in total. The Kier molecular flexibility index (Phi) is 3.55. The van der Waals surface area contributed by atoms with E-state index in [1.165, 1.54) is 6.07 Å². The van der Waals surface area contributed by atoms with Gasteiger partial charge in [-0.25, -0.2) is 0 Å². The smallest absolute Gasteiger partial charge is 0.358 e. The fourth-order valence-electron chi connectivity index (χ4n) is 0.755. The Hall–Kier alpha value is -0.830. The minimum absolute atomic E-state index is 0.00785. The second kappa shape index (κ2) is 4.35. The summed E-state index contributed by atoms with van der Waals surface area (Å²) in [5.41, 5.74) is -4.59. The summed E-state index contributed by atoms with van der Waals surface area (Å²) in [6.45, 7) is 0. The van der Waals surface area contributed by atoms with Crippen LogP contribution in [0.3, 0.4) is 0 Å². The molecule has 0 bridgehead atoms. The van der Waals surface area contributed by atoms with Crippen molar-refractivity contribution in [1.29, 1.82) is 0 Å². The lowest BCUT2D eigenvalue weighted by Crippen LogP contribution is -2.03. The molecule has 1 rings (SSSR count). The van der Waals surface area contributed by atoms with Crippen LogP contribution in [-0.2, 0) is 0 Å². The molecule has 0 fully saturated rings. The van der Waals surface area contributed by atoms with E-state index in [0.717, 1.165) is 6.20 Å². The molecule has 0 saturated heterocycles. The van der Waals surface area contributed by atoms with Gasteiger partial charge in [-0.05, 0) is 43.7 Å². The largest absolute Gasteiger partial charge is 0.446 e. The van der Waals surface area contributed by atoms with E-state index in [2.05, 4.69) is 20.9 Å². The van der Waals surface area contributed by atoms with Gasteiger partial charge >= 0.3 is 11.3 Å². The van der Waals surface area contributed by atoms with Crippen molar-refractivity contribution in [2.75, 3.05) is 0 Å². The molecule has 15 heavy (non-hydrogen) atoms. The summed E-state index contributed by atoms with van der Waals surface area (Å²) >= 11 is 2.23. The van der Waals surface area contributed by atoms with Gasteiger partial charge in [-0.15, -0.1) is 0 Å². The van der Waals surface area contributed by atoms with Crippen LogP contribution in [0.5, 0.6) is 0 Å². The third-order valence-electron chi connectivity index (χ3n) is 1.23. The van der Waals surface area contributed by atoms with Gasteiger partial charge in [0.1, 0.15) is 11.1 Å². The zero-order valence-electron chi connectivity index (χ0n) is 6.79. The summed E-state index contributed by atoms with van der Waals surface area (Å²) in [6, 6.07) is 1.21. The molecule has 0 aliphatic rings. The van der Waals surface area contributed by atoms with E-state index in [9.17, 15) is 23.3 Å². The first-order valence-corrected chi connectivity index (χ1v) is 4.97. The van der Waals surface area contributed by atoms with Crippen LogP contribution in [0.1, 0.15) is 0 Å². The molecule has 0 unspecified atom stereocenters. The van der Waals surface area contributed by atoms with E-state index >= 15 is 0 Å². The quantitative estimate of drug-likeness (QED) is 0.477. The van der Waals surface area contributed by atoms with Gasteiger partial charge in [-0.3, -0.25) is 0 Å². The van der Waals surface area contributed by atoms with E-state index < -0.39 is 32.9 Å². The van der Waals surface area contributed by atoms with Crippen molar-refractivity contribution >= 4 is 33.5 Å². The zero-order valence-corrected chi connectivity index (χ0v) is 9.19. The molecule has 0 radical (unpaired) electrons. The Bertz CT molecular complexity index is 398. The zero-order chi connectivity index (χ0) is 11.6. The summed E-state index contributed by atoms with van der Waals surface area (Å²) in [5, 5.41) is 10.4. The second-order valence-electron chi connectivity index (χ2n) is 2.25. The Morgan fingerprint density at radius 2 is 2.13 bits per heavy atom. The number of hydrogen-bond donors (Lipinski definition) is 0. The average molecular weight is 303 g/mol. The van der Waals surface area contributed by atoms with Gasteiger partial charge < -0.3 is 10.1 Å². The van der Waals surface area contributed by atoms with Crippen LogP contribution in [0.15, 0.2) is 21.6 Å². The lowest BCUT2D eigenvalue weighted by molar-refractivity contribution is -0.392. The Morgan fingerprint density at radius 3 is 2.60 bits per heavy atom. The van der Waals surface area contributed by atoms with Crippen molar-refractivity contribution < 1.29 is 18.1 Å². The van der Waals surface area contributed by atoms with E-state index in [4.69, 9.17) is 0 Å². The van der Waals surface area contributed by atoms with Crippen molar-refractivity contribution in [2.24, 2.45) is 0 Å². The number of aromatic nitrogens is 1. The molecule has 0 saturated carbocycles. The van der Waals surface area contributed by atoms with E-state index in [1.807, 2.05) is 0 Å². The molecular formula is C6H2BrF3N2O2S. The first kappa shape index (κ1) is 12.2. The standard InChI is InChI=1S/C6H2BrF3N2O2S/c7-3-1-2-11-5(12(13)14)4(3)15-6(8,9)10/h1-2H. The molecule has 1 heterocycles. The van der Waals surface area contributed by atoms with Crippen LogP contribution >= 0.6 is 27.7 Å². The molecule has 0 aliphatic heterocycles. The highest BCUT2D eigenvalue weighted by Crippen LogP contribution is 2.43. The third-order valence-corrected chi connectivity index (χ3v) is 2.99. The van der Waals surface area contributed by atoms with E-state index in [1.54, 1.807) is 0 Å². The average Bonchev–Trinajstić information content (AvgIpc) is 2.05. The van der Waals surface area contributed by atoms with Crippen molar-refractivity contribution in [3.05, 3.63) is 26.9 Å². The SMILES string of the molecule is O=[N+]([O-])c1nccc(Br)c1SC(F)(F)F. The fraction of sp³-hybridized carbons (Fsp3) is 0.167. The van der Waals surface area contributed by atoms with Crippen LogP contribution in [0.4, 0.5) is 19.0 Å². The van der Waals surface area contributed by atoms with Gasteiger partial charge in [0, 0.05) is 4.47 Å². The molecule has 0 aliphatic carbocycles. The third kappa shape index (κ3) is 3.34. The number of pyridine rings is 1. The van der Waals surface area contributed by atoms with Gasteiger partial charge in [0.2, 0.25) is 0 Å². The number of thioether (sulfide) groups is 1. The Labute approximate surface area is 94.2 Å². The molecule has 0 atom stereocenters. The first-order valence-electron chi connectivity index (χ1n) is 3.36. The van der Waals surface area contributed by atoms with Gasteiger partial charge in [0.05, 0.1) is 0 Å². The molecular weight excluding hydrogens is 301 g/mol. The fourth-order valence-corrected chi connectivity index (χ4v) is 1.91. The lowest BCUT2D eigenvalue weighted by atomic mass is 10.5. The van der Waals surface area contributed by atoms with Crippen molar-refractivity contribution in [2.45, 2.75) is 10.4 Å². The van der Waals surface area contributed by atoms with Crippen LogP contribution < -0.4 is 0 Å². The minimum Gasteiger partial charge on any atom is -0.358 e. The number of nitro groups is 1. The van der Waals surface area contributed by atoms with E-state index in [0.29, 0.717) is 0 Å². The monoisotopic (exact) mass is 302 g/mol. The van der Waals surface area contributed by atoms with E-state index in [-0.39, 0.29) is 4.47 Å². The molecule has 0 N–H and O–H groups in total. The molecule has 9 heteroatoms. The summed E-state index contributed by atoms with van der Waals surface area (Å²) in [7, 11) is 0. The predicted octanol–water partition coefficient (Wildman–Crippen LogP) is 3.36. The number of nitrogens with zero attached hydrogens (tertiary/aromatic N) is 2. The Balaban J connectivity index is 3.19. The lowest BCUT2D eigenvalue weighted by Gasteiger charge is -2.06.